The first-order valence-corrected chi connectivity index (χ1v) is 5.46. The van der Waals surface area contributed by atoms with Gasteiger partial charge in [0.25, 0.3) is 6.39 Å². The van der Waals surface area contributed by atoms with Crippen LogP contribution in [-0.4, -0.2) is 15.0 Å². The smallest absolute Gasteiger partial charge is 0.284 e. The summed E-state index contributed by atoms with van der Waals surface area (Å²) in [5.41, 5.74) is 3.66. The van der Waals surface area contributed by atoms with Gasteiger partial charge in [0.2, 0.25) is 0 Å². The molecule has 4 aromatic rings. The van der Waals surface area contributed by atoms with Crippen molar-refractivity contribution in [3.63, 3.8) is 0 Å². The van der Waals surface area contributed by atoms with Gasteiger partial charge >= 0.3 is 0 Å². The minimum atomic E-state index is 0.789. The van der Waals surface area contributed by atoms with E-state index in [1.165, 1.54) is 0 Å². The summed E-state index contributed by atoms with van der Waals surface area (Å²) < 4.78 is 4.88. The molecule has 4 heteroatoms. The summed E-state index contributed by atoms with van der Waals surface area (Å²) in [4.78, 5) is 10.6. The molecule has 0 unspecified atom stereocenters. The summed E-state index contributed by atoms with van der Waals surface area (Å²) in [5.74, 6) is 0. The molecule has 2 aromatic carbocycles. The molecule has 1 N–H and O–H groups in total. The zero-order chi connectivity index (χ0) is 12.2. The van der Waals surface area contributed by atoms with Gasteiger partial charge < -0.3 is 9.40 Å². The molecule has 0 aliphatic rings. The van der Waals surface area contributed by atoms with E-state index in [0.717, 1.165) is 22.1 Å². The van der Waals surface area contributed by atoms with E-state index in [0.29, 0.717) is 0 Å². The molecule has 0 aliphatic heterocycles. The van der Waals surface area contributed by atoms with Crippen LogP contribution in [0.5, 0.6) is 0 Å². The number of aromatic nitrogens is 3. The second-order valence-electron chi connectivity index (χ2n) is 3.64. The predicted octanol–water partition coefficient (Wildman–Crippen LogP) is 2.99. The maximum absolute atomic E-state index is 4.88. The number of fused-ring (bicyclic) bond motifs is 2. The number of nitrogens with zero attached hydrogens (tertiary/aromatic N) is 2. The molecule has 4 nitrogen and oxygen atoms in total. The third-order valence-corrected chi connectivity index (χ3v) is 2.46. The molecule has 2 radical (unpaired) electrons. The zero-order valence-corrected chi connectivity index (χ0v) is 9.42. The highest BCUT2D eigenvalue weighted by atomic mass is 16.3. The Morgan fingerprint density at radius 1 is 0.889 bits per heavy atom. The molecule has 0 bridgehead atoms. The van der Waals surface area contributed by atoms with Gasteiger partial charge in [-0.15, -0.1) is 0 Å². The first-order chi connectivity index (χ1) is 8.93. The van der Waals surface area contributed by atoms with Crippen LogP contribution < -0.4 is 0 Å². The number of imidazole rings is 1. The number of rotatable bonds is 0. The van der Waals surface area contributed by atoms with Crippen molar-refractivity contribution < 1.29 is 4.42 Å². The lowest BCUT2D eigenvalue weighted by molar-refractivity contribution is 0.591. The summed E-state index contributed by atoms with van der Waals surface area (Å²) in [5, 5.41) is 0. The topological polar surface area (TPSA) is 54.7 Å². The van der Waals surface area contributed by atoms with Crippen molar-refractivity contribution in [2.45, 2.75) is 0 Å². The lowest BCUT2D eigenvalue weighted by Gasteiger charge is -1.81. The lowest BCUT2D eigenvalue weighted by atomic mass is 10.3. The van der Waals surface area contributed by atoms with Crippen LogP contribution in [0, 0.1) is 12.7 Å². The molecule has 0 amide bonds. The molecule has 0 saturated carbocycles. The molecule has 0 atom stereocenters. The van der Waals surface area contributed by atoms with Gasteiger partial charge in [-0.05, 0) is 24.3 Å². The Bertz CT molecular complexity index is 631. The normalized spacial score (nSPS) is 10.2. The van der Waals surface area contributed by atoms with Gasteiger partial charge in [0.15, 0.2) is 11.9 Å². The second-order valence-corrected chi connectivity index (χ2v) is 3.64. The highest BCUT2D eigenvalue weighted by Crippen LogP contribution is 2.08. The van der Waals surface area contributed by atoms with Gasteiger partial charge in [-0.3, -0.25) is 0 Å². The van der Waals surface area contributed by atoms with E-state index in [-0.39, 0.29) is 0 Å². The molecular formula is C14H9N3O. The number of para-hydroxylation sites is 4. The highest BCUT2D eigenvalue weighted by molar-refractivity contribution is 5.73. The third kappa shape index (κ3) is 2.08. The molecule has 0 saturated heterocycles. The number of hydrogen-bond acceptors (Lipinski definition) is 3. The highest BCUT2D eigenvalue weighted by Gasteiger charge is 1.92. The second kappa shape index (κ2) is 4.71. The fraction of sp³-hybridized carbons (Fsp3) is 0. The minimum absolute atomic E-state index is 0.789. The number of oxazole rings is 1. The first kappa shape index (κ1) is 10.5. The molecule has 2 heterocycles. The Kier molecular flexibility index (Phi) is 2.75. The van der Waals surface area contributed by atoms with Crippen LogP contribution >= 0.6 is 0 Å². The van der Waals surface area contributed by atoms with E-state index >= 15 is 0 Å². The van der Waals surface area contributed by atoms with Crippen LogP contribution in [0.3, 0.4) is 0 Å². The van der Waals surface area contributed by atoms with E-state index < -0.39 is 0 Å². The number of hydrogen-bond donors (Lipinski definition) is 1. The Morgan fingerprint density at radius 3 is 2.50 bits per heavy atom. The van der Waals surface area contributed by atoms with Gasteiger partial charge in [-0.1, -0.05) is 24.3 Å². The number of H-pyrrole nitrogens is 1. The van der Waals surface area contributed by atoms with Crippen LogP contribution in [0.25, 0.3) is 22.1 Å². The summed E-state index contributed by atoms with van der Waals surface area (Å²) in [6, 6.07) is 15.4. The number of benzene rings is 2. The van der Waals surface area contributed by atoms with Gasteiger partial charge in [0, 0.05) is 0 Å². The van der Waals surface area contributed by atoms with Crippen LogP contribution in [0.1, 0.15) is 0 Å². The lowest BCUT2D eigenvalue weighted by Crippen LogP contribution is -1.63. The van der Waals surface area contributed by atoms with Gasteiger partial charge in [0.1, 0.15) is 5.52 Å². The van der Waals surface area contributed by atoms with E-state index in [4.69, 9.17) is 4.42 Å². The summed E-state index contributed by atoms with van der Waals surface area (Å²) in [6.45, 7) is 0. The fourth-order valence-corrected chi connectivity index (χ4v) is 1.58. The average molecular weight is 235 g/mol. The molecule has 0 aliphatic carbocycles. The Balaban J connectivity index is 0.000000111. The SMILES string of the molecule is [c]1nc2ccccc2[nH]1.[c]1nc2ccccc2o1. The standard InChI is InChI=1S/C7H5N2.C7H4NO/c2*1-2-4-7-6(3-1)8-5-9-7/h1-4H,(H,8,9);1-4H. The van der Waals surface area contributed by atoms with Crippen LogP contribution in [0.15, 0.2) is 52.9 Å². The van der Waals surface area contributed by atoms with E-state index in [2.05, 4.69) is 27.7 Å². The summed E-state index contributed by atoms with van der Waals surface area (Å²) in [6.07, 6.45) is 5.08. The Morgan fingerprint density at radius 2 is 1.67 bits per heavy atom. The van der Waals surface area contributed by atoms with Gasteiger partial charge in [0.05, 0.1) is 11.0 Å². The summed E-state index contributed by atoms with van der Waals surface area (Å²) in [7, 11) is 0. The van der Waals surface area contributed by atoms with Crippen molar-refractivity contribution >= 4 is 22.1 Å². The average Bonchev–Trinajstić information content (AvgIpc) is 3.08. The quantitative estimate of drug-likeness (QED) is 0.509. The van der Waals surface area contributed by atoms with Crippen LogP contribution in [-0.2, 0) is 0 Å². The van der Waals surface area contributed by atoms with Crippen molar-refractivity contribution in [1.29, 1.82) is 0 Å². The third-order valence-electron chi connectivity index (χ3n) is 2.46. The molecule has 4 rings (SSSR count). The molecular weight excluding hydrogens is 226 g/mol. The van der Waals surface area contributed by atoms with Gasteiger partial charge in [-0.25, -0.2) is 9.97 Å². The maximum atomic E-state index is 4.88. The monoisotopic (exact) mass is 235 g/mol. The maximum Gasteiger partial charge on any atom is 0.284 e. The van der Waals surface area contributed by atoms with Crippen LogP contribution in [0.2, 0.25) is 0 Å². The van der Waals surface area contributed by atoms with Crippen molar-refractivity contribution in [3.8, 4) is 0 Å². The first-order valence-electron chi connectivity index (χ1n) is 5.46. The van der Waals surface area contributed by atoms with Crippen molar-refractivity contribution in [2.24, 2.45) is 0 Å². The number of nitrogens with one attached hydrogen (secondary N) is 1. The van der Waals surface area contributed by atoms with Gasteiger partial charge in [-0.2, -0.15) is 0 Å². The van der Waals surface area contributed by atoms with Crippen molar-refractivity contribution in [3.05, 3.63) is 61.3 Å². The minimum Gasteiger partial charge on any atom is -0.432 e. The van der Waals surface area contributed by atoms with E-state index in [1.807, 2.05) is 48.5 Å². The zero-order valence-electron chi connectivity index (χ0n) is 9.42. The van der Waals surface area contributed by atoms with Crippen LogP contribution in [0.4, 0.5) is 0 Å². The largest absolute Gasteiger partial charge is 0.432 e. The molecule has 2 aromatic heterocycles. The predicted molar refractivity (Wildman–Crippen MR) is 67.8 cm³/mol. The molecule has 86 valence electrons. The number of aromatic amines is 1. The molecule has 0 spiro atoms. The Hall–Kier alpha value is -2.62. The van der Waals surface area contributed by atoms with Crippen molar-refractivity contribution in [2.75, 3.05) is 0 Å². The fourth-order valence-electron chi connectivity index (χ4n) is 1.58. The molecule has 0 fully saturated rings. The Labute approximate surface area is 103 Å². The molecule has 18 heavy (non-hydrogen) atoms. The summed E-state index contributed by atoms with van der Waals surface area (Å²) >= 11 is 0. The van der Waals surface area contributed by atoms with E-state index in [1.54, 1.807) is 0 Å². The van der Waals surface area contributed by atoms with E-state index in [9.17, 15) is 0 Å². The van der Waals surface area contributed by atoms with Crippen molar-refractivity contribution in [1.82, 2.24) is 15.0 Å².